The van der Waals surface area contributed by atoms with Gasteiger partial charge in [0.2, 0.25) is 0 Å². The molecule has 0 aliphatic rings. The molecule has 0 saturated carbocycles. The van der Waals surface area contributed by atoms with Gasteiger partial charge in [-0.1, -0.05) is 35.4 Å². The van der Waals surface area contributed by atoms with Gasteiger partial charge in [-0.2, -0.15) is 5.26 Å². The molecule has 7 nitrogen and oxygen atoms in total. The maximum Gasteiger partial charge on any atom is 2.00 e. The van der Waals surface area contributed by atoms with Crippen LogP contribution in [0.15, 0.2) is 58.3 Å². The van der Waals surface area contributed by atoms with Crippen molar-refractivity contribution in [3.63, 3.8) is 0 Å². The summed E-state index contributed by atoms with van der Waals surface area (Å²) in [5.41, 5.74) is 1.86. The molecule has 0 saturated heterocycles. The fraction of sp³-hybridized carbons (Fsp3) is 0.235. The van der Waals surface area contributed by atoms with Crippen molar-refractivity contribution in [3.05, 3.63) is 59.7 Å². The fourth-order valence-corrected chi connectivity index (χ4v) is 2.35. The molecule has 0 unspecified atom stereocenters. The molecule has 0 bridgehead atoms. The predicted molar refractivity (Wildman–Crippen MR) is 106 cm³/mol. The molecular formula is C17H19Cl2FeNO6S2. The van der Waals surface area contributed by atoms with Crippen LogP contribution in [0.4, 0.5) is 0 Å². The van der Waals surface area contributed by atoms with E-state index in [1.54, 1.807) is 30.3 Å². The molecule has 0 atom stereocenters. The minimum absolute atomic E-state index is 0. The van der Waals surface area contributed by atoms with Crippen molar-refractivity contribution in [1.82, 2.24) is 0 Å². The Labute approximate surface area is 192 Å². The summed E-state index contributed by atoms with van der Waals surface area (Å²) in [6.07, 6.45) is 0. The van der Waals surface area contributed by atoms with Crippen molar-refractivity contribution in [2.24, 2.45) is 0 Å². The molecule has 0 aromatic heterocycles. The van der Waals surface area contributed by atoms with E-state index in [0.717, 1.165) is 11.1 Å². The Kier molecular flexibility index (Phi) is 18.6. The number of benzene rings is 2. The first kappa shape index (κ1) is 32.5. The van der Waals surface area contributed by atoms with E-state index in [2.05, 4.69) is 0 Å². The molecule has 2 rings (SSSR count). The van der Waals surface area contributed by atoms with E-state index < -0.39 is 20.2 Å². The third-order valence-corrected chi connectivity index (χ3v) is 4.32. The molecule has 0 spiro atoms. The summed E-state index contributed by atoms with van der Waals surface area (Å²) in [7, 11) is -8.54. The van der Waals surface area contributed by atoms with Crippen LogP contribution >= 0.6 is 23.2 Å². The molecule has 0 aliphatic heterocycles. The number of alkyl halides is 2. The van der Waals surface area contributed by atoms with E-state index in [1.807, 2.05) is 13.8 Å². The van der Waals surface area contributed by atoms with Gasteiger partial charge in [-0.3, -0.25) is 0 Å². The Hall–Kier alpha value is -1.15. The normalized spacial score (nSPS) is 9.59. The van der Waals surface area contributed by atoms with Gasteiger partial charge < -0.3 is 9.11 Å². The van der Waals surface area contributed by atoms with E-state index >= 15 is 0 Å². The van der Waals surface area contributed by atoms with Gasteiger partial charge in [0, 0.05) is 6.92 Å². The van der Waals surface area contributed by atoms with Gasteiger partial charge in [0.15, 0.2) is 0 Å². The van der Waals surface area contributed by atoms with Crippen molar-refractivity contribution >= 4 is 43.4 Å². The van der Waals surface area contributed by atoms with Crippen LogP contribution in [0.25, 0.3) is 0 Å². The molecular weight excluding hydrogens is 505 g/mol. The molecule has 12 heteroatoms. The second kappa shape index (κ2) is 16.6. The van der Waals surface area contributed by atoms with Crippen LogP contribution < -0.4 is 0 Å². The second-order valence-corrected chi connectivity index (χ2v) is 8.43. The van der Waals surface area contributed by atoms with E-state index in [1.165, 1.54) is 31.2 Å². The van der Waals surface area contributed by atoms with Crippen molar-refractivity contribution in [2.45, 2.75) is 30.6 Å². The standard InChI is InChI=1S/2C7H8O3S.C2H3N.CH2Cl2.Fe/c2*1-6-2-4-7(5-3-6)11(8,9)10;1-2-3;2-1-3;/h2*2-5H,1H3,(H,8,9,10);1H3;1H2;/q;;;;+2/p-2. The Morgan fingerprint density at radius 1 is 0.793 bits per heavy atom. The van der Waals surface area contributed by atoms with Gasteiger partial charge in [0.1, 0.15) is 20.2 Å². The smallest absolute Gasteiger partial charge is 0.744 e. The minimum atomic E-state index is -4.27. The SMILES string of the molecule is CC#N.Cc1ccc(S(=O)(=O)[O-])cc1.Cc1ccc(S(=O)(=O)[O-])cc1.ClCCl.[Fe+2]. The zero-order chi connectivity index (χ0) is 22.4. The predicted octanol–water partition coefficient (Wildman–Crippen LogP) is 3.75. The van der Waals surface area contributed by atoms with Crippen LogP contribution in [-0.2, 0) is 37.3 Å². The molecule has 0 aliphatic carbocycles. The van der Waals surface area contributed by atoms with Gasteiger partial charge in [-0.15, -0.1) is 23.2 Å². The Balaban J connectivity index is -0.000000358. The first-order chi connectivity index (χ1) is 12.8. The van der Waals surface area contributed by atoms with Gasteiger partial charge in [0.25, 0.3) is 0 Å². The summed E-state index contributed by atoms with van der Waals surface area (Å²) >= 11 is 9.53. The van der Waals surface area contributed by atoms with Crippen molar-refractivity contribution in [2.75, 3.05) is 5.34 Å². The van der Waals surface area contributed by atoms with Crippen LogP contribution in [0.2, 0.25) is 0 Å². The maximum atomic E-state index is 10.4. The fourth-order valence-electron chi connectivity index (χ4n) is 1.41. The van der Waals surface area contributed by atoms with Crippen LogP contribution in [0.3, 0.4) is 0 Å². The molecule has 2 aromatic carbocycles. The largest absolute Gasteiger partial charge is 2.00 e. The summed E-state index contributed by atoms with van der Waals surface area (Å²) in [5.74, 6) is 0. The summed E-state index contributed by atoms with van der Waals surface area (Å²) in [6, 6.07) is 13.3. The van der Waals surface area contributed by atoms with Crippen molar-refractivity contribution < 1.29 is 43.0 Å². The molecule has 0 heterocycles. The molecule has 0 amide bonds. The van der Waals surface area contributed by atoms with Crippen molar-refractivity contribution in [3.8, 4) is 6.07 Å². The average molecular weight is 524 g/mol. The number of rotatable bonds is 2. The number of hydrogen-bond acceptors (Lipinski definition) is 7. The number of nitriles is 1. The molecule has 0 radical (unpaired) electrons. The van der Waals surface area contributed by atoms with Crippen molar-refractivity contribution in [1.29, 1.82) is 5.26 Å². The summed E-state index contributed by atoms with van der Waals surface area (Å²) in [6.45, 7) is 5.07. The Bertz CT molecular complexity index is 869. The summed E-state index contributed by atoms with van der Waals surface area (Å²) < 4.78 is 62.3. The molecule has 0 N–H and O–H groups in total. The molecule has 29 heavy (non-hydrogen) atoms. The van der Waals surface area contributed by atoms with Gasteiger partial charge in [0.05, 0.1) is 21.2 Å². The van der Waals surface area contributed by atoms with Crippen LogP contribution in [-0.4, -0.2) is 31.3 Å². The van der Waals surface area contributed by atoms with Gasteiger partial charge >= 0.3 is 17.1 Å². The first-order valence-corrected chi connectivity index (χ1v) is 11.2. The van der Waals surface area contributed by atoms with Gasteiger partial charge in [-0.25, -0.2) is 16.8 Å². The molecule has 2 aromatic rings. The zero-order valence-corrected chi connectivity index (χ0v) is 19.9. The third-order valence-electron chi connectivity index (χ3n) is 2.62. The minimum Gasteiger partial charge on any atom is -0.744 e. The second-order valence-electron chi connectivity index (χ2n) is 4.86. The van der Waals surface area contributed by atoms with Crippen LogP contribution in [0.1, 0.15) is 18.1 Å². The van der Waals surface area contributed by atoms with Gasteiger partial charge in [-0.05, 0) is 38.1 Å². The monoisotopic (exact) mass is 523 g/mol. The zero-order valence-electron chi connectivity index (χ0n) is 15.6. The Morgan fingerprint density at radius 2 is 0.966 bits per heavy atom. The van der Waals surface area contributed by atoms with E-state index in [0.29, 0.717) is 0 Å². The molecule has 162 valence electrons. The molecule has 0 fully saturated rings. The quantitative estimate of drug-likeness (QED) is 0.331. The maximum absolute atomic E-state index is 10.4. The third kappa shape index (κ3) is 17.4. The van der Waals surface area contributed by atoms with Crippen LogP contribution in [0, 0.1) is 25.2 Å². The summed E-state index contributed by atoms with van der Waals surface area (Å²) in [4.78, 5) is -0.355. The topological polar surface area (TPSA) is 138 Å². The number of aryl methyl sites for hydroxylation is 2. The number of halogens is 2. The number of hydrogen-bond donors (Lipinski definition) is 0. The van der Waals surface area contributed by atoms with Crippen LogP contribution in [0.5, 0.6) is 0 Å². The van der Waals surface area contributed by atoms with E-state index in [4.69, 9.17) is 28.5 Å². The Morgan fingerprint density at radius 3 is 1.10 bits per heavy atom. The number of nitrogens with zero attached hydrogens (tertiary/aromatic N) is 1. The first-order valence-electron chi connectivity index (χ1n) is 7.31. The van der Waals surface area contributed by atoms with E-state index in [-0.39, 0.29) is 32.2 Å². The van der Waals surface area contributed by atoms with E-state index in [9.17, 15) is 25.9 Å². The summed E-state index contributed by atoms with van der Waals surface area (Å²) in [5, 5.41) is 7.51. The average Bonchev–Trinajstić information content (AvgIpc) is 2.56.